The zero-order valence-electron chi connectivity index (χ0n) is 9.83. The topological polar surface area (TPSA) is 50.1 Å². The number of ketones is 1. The number of carbonyl (C=O) groups excluding carboxylic acids is 1. The van der Waals surface area contributed by atoms with Crippen LogP contribution in [0.25, 0.3) is 0 Å². The molecule has 0 aliphatic carbocycles. The highest BCUT2D eigenvalue weighted by atomic mass is 16.5. The van der Waals surface area contributed by atoms with Crippen molar-refractivity contribution in [2.45, 2.75) is 26.7 Å². The summed E-state index contributed by atoms with van der Waals surface area (Å²) >= 11 is 0. The fraction of sp³-hybridized carbons (Fsp3) is 0.385. The average molecular weight is 217 g/mol. The molecule has 3 heteroatoms. The molecule has 1 aromatic carbocycles. The van der Waals surface area contributed by atoms with Gasteiger partial charge in [0.15, 0.2) is 5.78 Å². The van der Waals surface area contributed by atoms with Gasteiger partial charge in [-0.3, -0.25) is 4.79 Å². The first-order valence-corrected chi connectivity index (χ1v) is 5.15. The molecule has 84 valence electrons. The second-order valence-corrected chi connectivity index (χ2v) is 3.74. The summed E-state index contributed by atoms with van der Waals surface area (Å²) in [7, 11) is 1.55. The summed E-state index contributed by atoms with van der Waals surface area (Å²) < 4.78 is 5.20. The fourth-order valence-corrected chi connectivity index (χ4v) is 1.74. The normalized spacial score (nSPS) is 9.62. The van der Waals surface area contributed by atoms with Gasteiger partial charge in [0, 0.05) is 12.8 Å². The highest BCUT2D eigenvalue weighted by Gasteiger charge is 2.15. The molecular formula is C13H15NO2. The highest BCUT2D eigenvalue weighted by Crippen LogP contribution is 2.25. The standard InChI is InChI=1S/C13H15NO2/c1-9-7-10(2)13(12(8-9)16-3)11(15)5-4-6-14/h7-8H,4-5H2,1-3H3. The summed E-state index contributed by atoms with van der Waals surface area (Å²) in [5.74, 6) is 0.566. The summed E-state index contributed by atoms with van der Waals surface area (Å²) in [5, 5.41) is 8.47. The lowest BCUT2D eigenvalue weighted by Crippen LogP contribution is -2.05. The van der Waals surface area contributed by atoms with Crippen LogP contribution in [-0.2, 0) is 0 Å². The Kier molecular flexibility index (Phi) is 4.07. The van der Waals surface area contributed by atoms with Gasteiger partial charge in [-0.15, -0.1) is 0 Å². The van der Waals surface area contributed by atoms with Gasteiger partial charge in [-0.1, -0.05) is 6.07 Å². The quantitative estimate of drug-likeness (QED) is 0.728. The Morgan fingerprint density at radius 3 is 2.69 bits per heavy atom. The molecule has 1 aromatic rings. The van der Waals surface area contributed by atoms with Crippen molar-refractivity contribution in [1.82, 2.24) is 0 Å². The molecule has 3 nitrogen and oxygen atoms in total. The molecule has 16 heavy (non-hydrogen) atoms. The maximum absolute atomic E-state index is 11.9. The van der Waals surface area contributed by atoms with E-state index in [0.717, 1.165) is 11.1 Å². The molecule has 0 bridgehead atoms. The highest BCUT2D eigenvalue weighted by molar-refractivity contribution is 6.00. The predicted octanol–water partition coefficient (Wildman–Crippen LogP) is 2.80. The van der Waals surface area contributed by atoms with E-state index < -0.39 is 0 Å². The molecule has 0 radical (unpaired) electrons. The molecule has 0 unspecified atom stereocenters. The van der Waals surface area contributed by atoms with Crippen molar-refractivity contribution < 1.29 is 9.53 Å². The molecule has 0 amide bonds. The van der Waals surface area contributed by atoms with E-state index in [9.17, 15) is 4.79 Å². The number of nitriles is 1. The number of hydrogen-bond donors (Lipinski definition) is 0. The molecule has 0 heterocycles. The molecule has 0 spiro atoms. The third-order valence-corrected chi connectivity index (χ3v) is 2.41. The lowest BCUT2D eigenvalue weighted by atomic mass is 9.98. The minimum Gasteiger partial charge on any atom is -0.496 e. The van der Waals surface area contributed by atoms with Gasteiger partial charge in [0.2, 0.25) is 0 Å². The van der Waals surface area contributed by atoms with Gasteiger partial charge < -0.3 is 4.74 Å². The maximum Gasteiger partial charge on any atom is 0.167 e. The van der Waals surface area contributed by atoms with Crippen molar-refractivity contribution in [3.05, 3.63) is 28.8 Å². The number of methoxy groups -OCH3 is 1. The summed E-state index contributed by atoms with van der Waals surface area (Å²) in [4.78, 5) is 11.9. The van der Waals surface area contributed by atoms with Crippen LogP contribution in [0.3, 0.4) is 0 Å². The van der Waals surface area contributed by atoms with Crippen molar-refractivity contribution in [2.24, 2.45) is 0 Å². The van der Waals surface area contributed by atoms with Gasteiger partial charge in [-0.25, -0.2) is 0 Å². The summed E-state index contributed by atoms with van der Waals surface area (Å²) in [5.41, 5.74) is 2.56. The van der Waals surface area contributed by atoms with E-state index in [0.29, 0.717) is 11.3 Å². The third kappa shape index (κ3) is 2.60. The Morgan fingerprint density at radius 2 is 2.12 bits per heavy atom. The van der Waals surface area contributed by atoms with E-state index in [1.807, 2.05) is 32.0 Å². The molecule has 0 aliphatic rings. The second-order valence-electron chi connectivity index (χ2n) is 3.74. The molecular weight excluding hydrogens is 202 g/mol. The lowest BCUT2D eigenvalue weighted by Gasteiger charge is -2.11. The van der Waals surface area contributed by atoms with Gasteiger partial charge in [0.1, 0.15) is 5.75 Å². The molecule has 0 saturated heterocycles. The zero-order valence-corrected chi connectivity index (χ0v) is 9.83. The van der Waals surface area contributed by atoms with Crippen LogP contribution in [0, 0.1) is 25.2 Å². The van der Waals surface area contributed by atoms with Gasteiger partial charge in [0.05, 0.1) is 18.7 Å². The molecule has 1 rings (SSSR count). The van der Waals surface area contributed by atoms with Gasteiger partial charge in [-0.2, -0.15) is 5.26 Å². The number of rotatable bonds is 4. The van der Waals surface area contributed by atoms with Crippen LogP contribution in [0.15, 0.2) is 12.1 Å². The first kappa shape index (κ1) is 12.3. The van der Waals surface area contributed by atoms with Crippen LogP contribution in [0.5, 0.6) is 5.75 Å². The Balaban J connectivity index is 3.12. The molecule has 0 saturated carbocycles. The lowest BCUT2D eigenvalue weighted by molar-refractivity contribution is 0.0980. The summed E-state index contributed by atoms with van der Waals surface area (Å²) in [6.07, 6.45) is 0.492. The number of nitrogens with zero attached hydrogens (tertiary/aromatic N) is 1. The van der Waals surface area contributed by atoms with E-state index in [-0.39, 0.29) is 18.6 Å². The Labute approximate surface area is 95.7 Å². The first-order valence-electron chi connectivity index (χ1n) is 5.15. The second kappa shape index (κ2) is 5.32. The number of hydrogen-bond acceptors (Lipinski definition) is 3. The molecule has 0 atom stereocenters. The van der Waals surface area contributed by atoms with Crippen LogP contribution < -0.4 is 4.74 Å². The van der Waals surface area contributed by atoms with E-state index in [1.54, 1.807) is 7.11 Å². The minimum atomic E-state index is -0.0316. The van der Waals surface area contributed by atoms with Crippen molar-refractivity contribution in [3.63, 3.8) is 0 Å². The Bertz CT molecular complexity index is 444. The van der Waals surface area contributed by atoms with Gasteiger partial charge in [-0.05, 0) is 31.0 Å². The minimum absolute atomic E-state index is 0.0316. The van der Waals surface area contributed by atoms with Crippen molar-refractivity contribution in [2.75, 3.05) is 7.11 Å². The smallest absolute Gasteiger partial charge is 0.167 e. The van der Waals surface area contributed by atoms with Crippen molar-refractivity contribution in [1.29, 1.82) is 5.26 Å². The first-order chi connectivity index (χ1) is 7.60. The molecule has 0 fully saturated rings. The SMILES string of the molecule is COc1cc(C)cc(C)c1C(=O)CCC#N. The molecule has 0 aliphatic heterocycles. The third-order valence-electron chi connectivity index (χ3n) is 2.41. The van der Waals surface area contributed by atoms with Gasteiger partial charge >= 0.3 is 0 Å². The zero-order chi connectivity index (χ0) is 12.1. The largest absolute Gasteiger partial charge is 0.496 e. The van der Waals surface area contributed by atoms with Crippen LogP contribution in [0.2, 0.25) is 0 Å². The van der Waals surface area contributed by atoms with E-state index in [2.05, 4.69) is 0 Å². The Morgan fingerprint density at radius 1 is 1.44 bits per heavy atom. The molecule has 0 N–H and O–H groups in total. The number of carbonyl (C=O) groups is 1. The van der Waals surface area contributed by atoms with Crippen LogP contribution in [-0.4, -0.2) is 12.9 Å². The van der Waals surface area contributed by atoms with Gasteiger partial charge in [0.25, 0.3) is 0 Å². The number of benzene rings is 1. The monoisotopic (exact) mass is 217 g/mol. The fourth-order valence-electron chi connectivity index (χ4n) is 1.74. The number of ether oxygens (including phenoxy) is 1. The predicted molar refractivity (Wildman–Crippen MR) is 61.6 cm³/mol. The molecule has 0 aromatic heterocycles. The summed E-state index contributed by atoms with van der Waals surface area (Å²) in [6, 6.07) is 5.76. The van der Waals surface area contributed by atoms with E-state index in [1.165, 1.54) is 0 Å². The van der Waals surface area contributed by atoms with Crippen LogP contribution in [0.4, 0.5) is 0 Å². The van der Waals surface area contributed by atoms with Crippen LogP contribution >= 0.6 is 0 Å². The van der Waals surface area contributed by atoms with Crippen LogP contribution in [0.1, 0.15) is 34.3 Å². The van der Waals surface area contributed by atoms with Crippen molar-refractivity contribution >= 4 is 5.78 Å². The van der Waals surface area contributed by atoms with E-state index in [4.69, 9.17) is 10.00 Å². The Hall–Kier alpha value is -1.82. The van der Waals surface area contributed by atoms with Crippen molar-refractivity contribution in [3.8, 4) is 11.8 Å². The maximum atomic E-state index is 11.9. The van der Waals surface area contributed by atoms with E-state index >= 15 is 0 Å². The average Bonchev–Trinajstić information content (AvgIpc) is 2.24. The number of Topliss-reactive ketones (excluding diaryl/α,β-unsaturated/α-hetero) is 1. The number of aryl methyl sites for hydroxylation is 2. The summed E-state index contributed by atoms with van der Waals surface area (Å²) in [6.45, 7) is 3.84.